The number of aromatic nitrogens is 1. The van der Waals surface area contributed by atoms with Crippen LogP contribution >= 0.6 is 0 Å². The minimum atomic E-state index is -3.95. The highest BCUT2D eigenvalue weighted by atomic mass is 32.2. The highest BCUT2D eigenvalue weighted by Gasteiger charge is 2.27. The lowest BCUT2D eigenvalue weighted by Gasteiger charge is -2.16. The molecule has 3 aliphatic carbocycles. The summed E-state index contributed by atoms with van der Waals surface area (Å²) in [6.07, 6.45) is 10.1. The van der Waals surface area contributed by atoms with E-state index in [1.807, 2.05) is 0 Å². The zero-order valence-electron chi connectivity index (χ0n) is 15.7. The molecule has 0 aliphatic heterocycles. The van der Waals surface area contributed by atoms with Crippen LogP contribution in [0, 0.1) is 0 Å². The summed E-state index contributed by atoms with van der Waals surface area (Å²) >= 11 is 0. The summed E-state index contributed by atoms with van der Waals surface area (Å²) in [4.78, 5) is 16.9. The van der Waals surface area contributed by atoms with Gasteiger partial charge in [-0.1, -0.05) is 6.07 Å². The third-order valence-electron chi connectivity index (χ3n) is 6.14. The van der Waals surface area contributed by atoms with E-state index in [2.05, 4.69) is 21.1 Å². The van der Waals surface area contributed by atoms with E-state index in [1.54, 1.807) is 6.07 Å². The molecule has 3 aliphatic rings. The van der Waals surface area contributed by atoms with Crippen LogP contribution in [-0.4, -0.2) is 19.4 Å². The zero-order chi connectivity index (χ0) is 19.3. The number of rotatable bonds is 3. The summed E-state index contributed by atoms with van der Waals surface area (Å²) in [7, 11) is -3.95. The number of benzene rings is 1. The molecule has 0 saturated carbocycles. The standard InChI is InChI=1S/C21H23N3O3S/c25-21(24-28(26,27)16-11-15-6-3-9-19(15)22-12-16)23-20-17-7-1-4-13(17)10-14-5-2-8-18(14)20/h10-12H,1-9H2,(H2,23,24,25). The maximum absolute atomic E-state index is 12.7. The van der Waals surface area contributed by atoms with Crippen LogP contribution in [0.5, 0.6) is 0 Å². The lowest BCUT2D eigenvalue weighted by atomic mass is 9.99. The maximum atomic E-state index is 12.7. The van der Waals surface area contributed by atoms with E-state index in [1.165, 1.54) is 28.5 Å². The topological polar surface area (TPSA) is 88.2 Å². The van der Waals surface area contributed by atoms with Gasteiger partial charge in [0.1, 0.15) is 4.90 Å². The number of sulfonamides is 1. The van der Waals surface area contributed by atoms with Gasteiger partial charge in [0.15, 0.2) is 0 Å². The molecule has 1 aromatic carbocycles. The molecule has 1 heterocycles. The molecule has 6 nitrogen and oxygen atoms in total. The lowest BCUT2D eigenvalue weighted by Crippen LogP contribution is -2.35. The second kappa shape index (κ2) is 6.58. The average molecular weight is 398 g/mol. The predicted octanol–water partition coefficient (Wildman–Crippen LogP) is 3.06. The number of hydrogen-bond donors (Lipinski definition) is 2. The van der Waals surface area contributed by atoms with Gasteiger partial charge >= 0.3 is 6.03 Å². The first kappa shape index (κ1) is 17.7. The van der Waals surface area contributed by atoms with Gasteiger partial charge in [-0.3, -0.25) is 4.98 Å². The molecule has 0 unspecified atom stereocenters. The molecule has 5 rings (SSSR count). The van der Waals surface area contributed by atoms with E-state index >= 15 is 0 Å². The van der Waals surface area contributed by atoms with Crippen molar-refractivity contribution in [2.24, 2.45) is 0 Å². The van der Waals surface area contributed by atoms with E-state index in [4.69, 9.17) is 0 Å². The number of nitrogens with one attached hydrogen (secondary N) is 2. The highest BCUT2D eigenvalue weighted by Crippen LogP contribution is 2.38. The van der Waals surface area contributed by atoms with Crippen LogP contribution in [0.3, 0.4) is 0 Å². The molecule has 0 atom stereocenters. The fourth-order valence-electron chi connectivity index (χ4n) is 4.84. The van der Waals surface area contributed by atoms with Crippen molar-refractivity contribution in [1.29, 1.82) is 0 Å². The summed E-state index contributed by atoms with van der Waals surface area (Å²) < 4.78 is 27.6. The third-order valence-corrected chi connectivity index (χ3v) is 7.44. The molecular weight excluding hydrogens is 374 g/mol. The number of carbonyl (C=O) groups is 1. The molecule has 2 amide bonds. The summed E-state index contributed by atoms with van der Waals surface area (Å²) in [6, 6.07) is 3.22. The van der Waals surface area contributed by atoms with Gasteiger partial charge in [0.2, 0.25) is 0 Å². The van der Waals surface area contributed by atoms with E-state index < -0.39 is 16.1 Å². The minimum absolute atomic E-state index is 0.0480. The van der Waals surface area contributed by atoms with Crippen molar-refractivity contribution in [3.05, 3.63) is 51.8 Å². The molecule has 2 aromatic rings. The Kier molecular flexibility index (Phi) is 4.16. The van der Waals surface area contributed by atoms with E-state index in [0.29, 0.717) is 0 Å². The molecule has 2 N–H and O–H groups in total. The molecule has 28 heavy (non-hydrogen) atoms. The van der Waals surface area contributed by atoms with Gasteiger partial charge in [0, 0.05) is 17.6 Å². The number of carbonyl (C=O) groups excluding carboxylic acids is 1. The Balaban J connectivity index is 1.40. The average Bonchev–Trinajstić information content (AvgIpc) is 3.40. The van der Waals surface area contributed by atoms with Gasteiger partial charge in [0.25, 0.3) is 10.0 Å². The number of aryl methyl sites for hydroxylation is 4. The quantitative estimate of drug-likeness (QED) is 0.833. The molecule has 1 aromatic heterocycles. The Labute approximate surface area is 164 Å². The fourth-order valence-corrected chi connectivity index (χ4v) is 5.74. The van der Waals surface area contributed by atoms with Crippen molar-refractivity contribution < 1.29 is 13.2 Å². The first-order valence-corrected chi connectivity index (χ1v) is 11.5. The van der Waals surface area contributed by atoms with Crippen molar-refractivity contribution in [2.45, 2.75) is 62.7 Å². The largest absolute Gasteiger partial charge is 0.333 e. The van der Waals surface area contributed by atoms with Crippen LogP contribution in [0.15, 0.2) is 23.2 Å². The van der Waals surface area contributed by atoms with Gasteiger partial charge in [-0.05, 0) is 91.7 Å². The summed E-state index contributed by atoms with van der Waals surface area (Å²) in [5.74, 6) is 0. The summed E-state index contributed by atoms with van der Waals surface area (Å²) in [5, 5.41) is 2.87. The first-order chi connectivity index (χ1) is 13.5. The number of hydrogen-bond acceptors (Lipinski definition) is 4. The molecule has 0 spiro atoms. The van der Waals surface area contributed by atoms with Gasteiger partial charge < -0.3 is 5.32 Å². The van der Waals surface area contributed by atoms with Crippen LogP contribution in [0.25, 0.3) is 0 Å². The number of pyridine rings is 1. The van der Waals surface area contributed by atoms with E-state index in [0.717, 1.165) is 74.7 Å². The number of fused-ring (bicyclic) bond motifs is 3. The monoisotopic (exact) mass is 397 g/mol. The minimum Gasteiger partial charge on any atom is -0.307 e. The van der Waals surface area contributed by atoms with Crippen LogP contribution in [0.2, 0.25) is 0 Å². The number of anilines is 1. The van der Waals surface area contributed by atoms with E-state index in [-0.39, 0.29) is 4.90 Å². The summed E-state index contributed by atoms with van der Waals surface area (Å²) in [5.41, 5.74) is 7.69. The fraction of sp³-hybridized carbons (Fsp3) is 0.429. The second-order valence-electron chi connectivity index (χ2n) is 7.92. The van der Waals surface area contributed by atoms with Gasteiger partial charge in [-0.2, -0.15) is 0 Å². The lowest BCUT2D eigenvalue weighted by molar-refractivity contribution is 0.256. The van der Waals surface area contributed by atoms with Gasteiger partial charge in [-0.15, -0.1) is 0 Å². The Morgan fingerprint density at radius 3 is 2.21 bits per heavy atom. The maximum Gasteiger partial charge on any atom is 0.333 e. The smallest absolute Gasteiger partial charge is 0.307 e. The molecule has 0 bridgehead atoms. The van der Waals surface area contributed by atoms with Crippen LogP contribution < -0.4 is 10.0 Å². The van der Waals surface area contributed by atoms with E-state index in [9.17, 15) is 13.2 Å². The normalized spacial score (nSPS) is 17.1. The van der Waals surface area contributed by atoms with Crippen LogP contribution in [0.4, 0.5) is 10.5 Å². The zero-order valence-corrected chi connectivity index (χ0v) is 16.5. The Morgan fingerprint density at radius 1 is 0.857 bits per heavy atom. The van der Waals surface area contributed by atoms with Crippen molar-refractivity contribution in [2.75, 3.05) is 5.32 Å². The molecular formula is C21H23N3O3S. The van der Waals surface area contributed by atoms with Crippen LogP contribution in [-0.2, 0) is 48.5 Å². The first-order valence-electron chi connectivity index (χ1n) is 9.99. The van der Waals surface area contributed by atoms with Crippen molar-refractivity contribution in [3.63, 3.8) is 0 Å². The molecule has 0 fully saturated rings. The van der Waals surface area contributed by atoms with Gasteiger partial charge in [-0.25, -0.2) is 17.9 Å². The molecule has 7 heteroatoms. The number of nitrogens with zero attached hydrogens (tertiary/aromatic N) is 1. The van der Waals surface area contributed by atoms with Crippen molar-refractivity contribution >= 4 is 21.7 Å². The Morgan fingerprint density at radius 2 is 1.50 bits per heavy atom. The molecule has 0 radical (unpaired) electrons. The third kappa shape index (κ3) is 2.98. The Bertz CT molecular complexity index is 1060. The molecule has 146 valence electrons. The Hall–Kier alpha value is -2.41. The number of urea groups is 1. The second-order valence-corrected chi connectivity index (χ2v) is 9.61. The van der Waals surface area contributed by atoms with Crippen molar-refractivity contribution in [1.82, 2.24) is 9.71 Å². The number of amides is 2. The molecule has 0 saturated heterocycles. The predicted molar refractivity (Wildman–Crippen MR) is 106 cm³/mol. The van der Waals surface area contributed by atoms with Crippen molar-refractivity contribution in [3.8, 4) is 0 Å². The summed E-state index contributed by atoms with van der Waals surface area (Å²) in [6.45, 7) is 0. The highest BCUT2D eigenvalue weighted by molar-refractivity contribution is 7.90. The van der Waals surface area contributed by atoms with Gasteiger partial charge in [0.05, 0.1) is 0 Å². The van der Waals surface area contributed by atoms with Crippen LogP contribution in [0.1, 0.15) is 52.8 Å². The SMILES string of the molecule is O=C(Nc1c2c(cc3c1CCC3)CCC2)NS(=O)(=O)c1cnc2c(c1)CCC2.